The van der Waals surface area contributed by atoms with Crippen LogP contribution in [0.1, 0.15) is 47.1 Å². The van der Waals surface area contributed by atoms with Crippen LogP contribution in [-0.4, -0.2) is 18.0 Å². The van der Waals surface area contributed by atoms with Crippen molar-refractivity contribution < 1.29 is 9.53 Å². The molecule has 0 radical (unpaired) electrons. The zero-order valence-corrected chi connectivity index (χ0v) is 15.5. The number of allylic oxidation sites excluding steroid dienone is 1. The van der Waals surface area contributed by atoms with Crippen molar-refractivity contribution >= 4 is 17.4 Å². The number of nitrogens with zero attached hydrogens (tertiary/aromatic N) is 1. The average Bonchev–Trinajstić information content (AvgIpc) is 2.79. The largest absolute Gasteiger partial charge is 0.366 e. The van der Waals surface area contributed by atoms with Crippen LogP contribution in [0.2, 0.25) is 0 Å². The van der Waals surface area contributed by atoms with E-state index < -0.39 is 5.60 Å². The van der Waals surface area contributed by atoms with Gasteiger partial charge in [-0.1, -0.05) is 30.3 Å². The molecule has 2 aromatic rings. The second-order valence-corrected chi connectivity index (χ2v) is 7.47. The van der Waals surface area contributed by atoms with Gasteiger partial charge in [-0.3, -0.25) is 4.79 Å². The highest BCUT2D eigenvalue weighted by atomic mass is 16.5. The molecule has 3 nitrogen and oxygen atoms in total. The highest BCUT2D eigenvalue weighted by molar-refractivity contribution is 5.93. The summed E-state index contributed by atoms with van der Waals surface area (Å²) in [6, 6.07) is 16.2. The molecule has 0 fully saturated rings. The Morgan fingerprint density at radius 3 is 2.85 bits per heavy atom. The van der Waals surface area contributed by atoms with E-state index in [1.807, 2.05) is 43.3 Å². The van der Waals surface area contributed by atoms with E-state index in [1.165, 1.54) is 5.56 Å². The van der Waals surface area contributed by atoms with E-state index in [0.29, 0.717) is 18.6 Å². The fourth-order valence-electron chi connectivity index (χ4n) is 3.99. The molecule has 3 heteroatoms. The highest BCUT2D eigenvalue weighted by Crippen LogP contribution is 2.45. The van der Waals surface area contributed by atoms with Crippen LogP contribution < -0.4 is 0 Å². The number of hydrogen-bond donors (Lipinski definition) is 0. The molecule has 0 spiro atoms. The number of fused-ring (bicyclic) bond motifs is 3. The number of aryl methyl sites for hydroxylation is 1. The Morgan fingerprint density at radius 2 is 2.07 bits per heavy atom. The molecule has 27 heavy (non-hydrogen) atoms. The molecule has 0 N–H and O–H groups in total. The van der Waals surface area contributed by atoms with Gasteiger partial charge in [-0.25, -0.2) is 0 Å². The van der Waals surface area contributed by atoms with Crippen molar-refractivity contribution in [1.29, 1.82) is 5.26 Å². The normalized spacial score (nSPS) is 25.4. The summed E-state index contributed by atoms with van der Waals surface area (Å²) >= 11 is 0. The monoisotopic (exact) mass is 355 g/mol. The molecule has 1 aliphatic heterocycles. The molecule has 1 aliphatic carbocycles. The lowest BCUT2D eigenvalue weighted by atomic mass is 9.74. The van der Waals surface area contributed by atoms with Gasteiger partial charge in [-0.05, 0) is 72.0 Å². The van der Waals surface area contributed by atoms with Gasteiger partial charge in [0.2, 0.25) is 0 Å². The summed E-state index contributed by atoms with van der Waals surface area (Å²) in [6.45, 7) is 4.57. The van der Waals surface area contributed by atoms with Gasteiger partial charge in [0.05, 0.1) is 23.8 Å². The number of benzene rings is 2. The Bertz CT molecular complexity index is 1020. The summed E-state index contributed by atoms with van der Waals surface area (Å²) < 4.78 is 6.33. The maximum Gasteiger partial charge on any atom is 0.156 e. The number of nitriles is 1. The van der Waals surface area contributed by atoms with Crippen LogP contribution in [0.4, 0.5) is 0 Å². The minimum absolute atomic E-state index is 0.0962. The third kappa shape index (κ3) is 3.13. The third-order valence-electron chi connectivity index (χ3n) is 5.66. The van der Waals surface area contributed by atoms with Gasteiger partial charge in [0.1, 0.15) is 0 Å². The van der Waals surface area contributed by atoms with Crippen LogP contribution in [0.3, 0.4) is 0 Å². The number of rotatable bonds is 1. The smallest absolute Gasteiger partial charge is 0.156 e. The fraction of sp³-hybridized carbons (Fsp3) is 0.250. The molecular weight excluding hydrogens is 334 g/mol. The van der Waals surface area contributed by atoms with E-state index in [4.69, 9.17) is 4.74 Å². The average molecular weight is 355 g/mol. The maximum absolute atomic E-state index is 12.1. The molecule has 4 rings (SSSR count). The molecule has 1 heterocycles. The maximum atomic E-state index is 12.1. The molecule has 0 aromatic heterocycles. The summed E-state index contributed by atoms with van der Waals surface area (Å²) in [7, 11) is 0. The third-order valence-corrected chi connectivity index (χ3v) is 5.66. The summed E-state index contributed by atoms with van der Waals surface area (Å²) in [5, 5.41) is 9.38. The van der Waals surface area contributed by atoms with Gasteiger partial charge in [0.15, 0.2) is 5.78 Å². The fourth-order valence-corrected chi connectivity index (χ4v) is 3.99. The van der Waals surface area contributed by atoms with Crippen molar-refractivity contribution in [3.8, 4) is 6.07 Å². The van der Waals surface area contributed by atoms with Crippen LogP contribution >= 0.6 is 0 Å². The van der Waals surface area contributed by atoms with Gasteiger partial charge in [-0.2, -0.15) is 5.26 Å². The second kappa shape index (κ2) is 6.64. The molecule has 134 valence electrons. The molecule has 0 bridgehead atoms. The van der Waals surface area contributed by atoms with Gasteiger partial charge in [0.25, 0.3) is 0 Å². The lowest BCUT2D eigenvalue weighted by Crippen LogP contribution is -2.37. The molecular formula is C24H21NO2. The van der Waals surface area contributed by atoms with Crippen LogP contribution in [0.15, 0.2) is 54.6 Å². The van der Waals surface area contributed by atoms with Crippen molar-refractivity contribution in [1.82, 2.24) is 0 Å². The quantitative estimate of drug-likeness (QED) is 0.738. The Hall–Kier alpha value is -2.96. The number of ether oxygens (including phenoxy) is 1. The first-order valence-corrected chi connectivity index (χ1v) is 9.17. The zero-order chi connectivity index (χ0) is 19.0. The Labute approximate surface area is 159 Å². The summed E-state index contributed by atoms with van der Waals surface area (Å²) in [6.07, 6.45) is 6.06. The highest BCUT2D eigenvalue weighted by Gasteiger charge is 2.41. The van der Waals surface area contributed by atoms with Gasteiger partial charge >= 0.3 is 0 Å². The van der Waals surface area contributed by atoms with Crippen molar-refractivity contribution in [2.45, 2.75) is 31.8 Å². The number of carbonyl (C=O) groups is 1. The summed E-state index contributed by atoms with van der Waals surface area (Å²) in [5.41, 5.74) is 5.55. The first-order chi connectivity index (χ1) is 13.0. The van der Waals surface area contributed by atoms with Gasteiger partial charge in [-0.15, -0.1) is 0 Å². The number of hydrogen-bond acceptors (Lipinski definition) is 3. The van der Waals surface area contributed by atoms with E-state index in [9.17, 15) is 10.1 Å². The van der Waals surface area contributed by atoms with Crippen molar-refractivity contribution in [3.05, 3.63) is 82.4 Å². The lowest BCUT2D eigenvalue weighted by molar-refractivity contribution is -0.117. The molecule has 2 aliphatic rings. The van der Waals surface area contributed by atoms with E-state index in [0.717, 1.165) is 22.3 Å². The summed E-state index contributed by atoms with van der Waals surface area (Å²) in [5.74, 6) is 0.00166. The van der Waals surface area contributed by atoms with E-state index in [-0.39, 0.29) is 11.7 Å². The molecule has 0 amide bonds. The predicted molar refractivity (Wildman–Crippen MR) is 106 cm³/mol. The van der Waals surface area contributed by atoms with E-state index in [2.05, 4.69) is 31.2 Å². The SMILES string of the molecule is Cc1ccccc1/C=C1\CO[C@@]2(C)C=CC(=O)C[C@H]2c2cc(C#N)ccc21. The second-order valence-electron chi connectivity index (χ2n) is 7.47. The standard InChI is InChI=1S/C24H21NO2/c1-16-5-3-4-6-18(16)12-19-15-27-24(2)10-9-20(26)13-23(24)22-11-17(14-25)7-8-21(19)22/h3-12,23H,13,15H2,1-2H3/b19-12+/t23-,24-/m0/s1. The Kier molecular flexibility index (Phi) is 4.30. The van der Waals surface area contributed by atoms with Crippen LogP contribution in [0.5, 0.6) is 0 Å². The Morgan fingerprint density at radius 1 is 1.26 bits per heavy atom. The van der Waals surface area contributed by atoms with Gasteiger partial charge in [0, 0.05) is 12.3 Å². The lowest BCUT2D eigenvalue weighted by Gasteiger charge is -2.36. The molecule has 0 saturated heterocycles. The zero-order valence-electron chi connectivity index (χ0n) is 15.5. The molecule has 2 atom stereocenters. The minimum Gasteiger partial charge on any atom is -0.366 e. The molecule has 0 saturated carbocycles. The topological polar surface area (TPSA) is 50.1 Å². The van der Waals surface area contributed by atoms with Crippen LogP contribution in [-0.2, 0) is 9.53 Å². The van der Waals surface area contributed by atoms with Crippen molar-refractivity contribution in [3.63, 3.8) is 0 Å². The summed E-state index contributed by atoms with van der Waals surface area (Å²) in [4.78, 5) is 12.1. The number of ketones is 1. The molecule has 0 unspecified atom stereocenters. The van der Waals surface area contributed by atoms with Crippen LogP contribution in [0.25, 0.3) is 11.6 Å². The van der Waals surface area contributed by atoms with E-state index in [1.54, 1.807) is 6.08 Å². The van der Waals surface area contributed by atoms with Crippen molar-refractivity contribution in [2.24, 2.45) is 0 Å². The van der Waals surface area contributed by atoms with Crippen LogP contribution in [0, 0.1) is 18.3 Å². The van der Waals surface area contributed by atoms with E-state index >= 15 is 0 Å². The minimum atomic E-state index is -0.557. The molecule has 2 aromatic carbocycles. The first-order valence-electron chi connectivity index (χ1n) is 9.17. The Balaban J connectivity index is 1.92. The number of carbonyl (C=O) groups excluding carboxylic acids is 1. The van der Waals surface area contributed by atoms with Crippen molar-refractivity contribution in [2.75, 3.05) is 6.61 Å². The predicted octanol–water partition coefficient (Wildman–Crippen LogP) is 4.81. The van der Waals surface area contributed by atoms with Gasteiger partial charge < -0.3 is 4.74 Å². The first kappa shape index (κ1) is 17.5.